The Kier molecular flexibility index (Phi) is 9.83. The highest BCUT2D eigenvalue weighted by Gasteiger charge is 2.52. The zero-order valence-corrected chi connectivity index (χ0v) is 33.5. The zero-order valence-electron chi connectivity index (χ0n) is 33.5. The fraction of sp³-hybridized carbons (Fsp3) is 0.208. The number of para-hydroxylation sites is 4. The first kappa shape index (κ1) is 38.2. The molecule has 0 bridgehead atoms. The molecule has 4 aliphatic heterocycles. The topological polar surface area (TPSA) is 131 Å². The second-order valence-corrected chi connectivity index (χ2v) is 15.5. The lowest BCUT2D eigenvalue weighted by molar-refractivity contribution is -0.124. The first-order valence-corrected chi connectivity index (χ1v) is 20.0. The Bertz CT molecular complexity index is 2270. The van der Waals surface area contributed by atoms with E-state index in [1.807, 2.05) is 173 Å². The monoisotopic (exact) mass is 794 g/mol. The van der Waals surface area contributed by atoms with E-state index in [1.165, 1.54) is 20.0 Å². The van der Waals surface area contributed by atoms with Crippen molar-refractivity contribution < 1.29 is 19.2 Å². The second-order valence-electron chi connectivity index (χ2n) is 15.5. The summed E-state index contributed by atoms with van der Waals surface area (Å²) in [5.74, 6) is -5.57. The molecular formula is C48H42N8O4. The van der Waals surface area contributed by atoms with Crippen LogP contribution in [0.5, 0.6) is 0 Å². The summed E-state index contributed by atoms with van der Waals surface area (Å²) in [6.45, 7) is 7.29. The average Bonchev–Trinajstić information content (AvgIpc) is 3.95. The van der Waals surface area contributed by atoms with Gasteiger partial charge in [0.25, 0.3) is 23.6 Å². The molecule has 0 N–H and O–H groups in total. The molecule has 0 spiro atoms. The van der Waals surface area contributed by atoms with Crippen LogP contribution >= 0.6 is 0 Å². The number of nitrogens with zero attached hydrogens (tertiary/aromatic N) is 8. The third-order valence-corrected chi connectivity index (χ3v) is 11.9. The van der Waals surface area contributed by atoms with E-state index < -0.39 is 35.5 Å². The van der Waals surface area contributed by atoms with Crippen LogP contribution in [0.1, 0.15) is 50.7 Å². The predicted molar refractivity (Wildman–Crippen MR) is 234 cm³/mol. The molecule has 0 aromatic heterocycles. The maximum absolute atomic E-state index is 14.6. The molecule has 0 radical (unpaired) electrons. The Morgan fingerprint density at radius 2 is 0.533 bits per heavy atom. The largest absolute Gasteiger partial charge is 0.272 e. The predicted octanol–water partition coefficient (Wildman–Crippen LogP) is 8.01. The Morgan fingerprint density at radius 3 is 0.733 bits per heavy atom. The molecule has 298 valence electrons. The minimum atomic E-state index is -0.794. The maximum atomic E-state index is 14.6. The van der Waals surface area contributed by atoms with Gasteiger partial charge in [0.1, 0.15) is 0 Å². The van der Waals surface area contributed by atoms with Crippen LogP contribution in [0.25, 0.3) is 0 Å². The van der Waals surface area contributed by atoms with E-state index in [9.17, 15) is 19.2 Å². The molecule has 4 amide bonds. The van der Waals surface area contributed by atoms with Crippen LogP contribution in [0, 0.1) is 23.7 Å². The van der Waals surface area contributed by atoms with E-state index in [-0.39, 0.29) is 23.6 Å². The molecule has 5 aromatic rings. The third kappa shape index (κ3) is 6.50. The van der Waals surface area contributed by atoms with Crippen molar-refractivity contribution in [3.8, 4) is 0 Å². The van der Waals surface area contributed by atoms with E-state index in [0.717, 1.165) is 0 Å². The quantitative estimate of drug-likeness (QED) is 0.142. The molecule has 4 aliphatic rings. The first-order chi connectivity index (χ1) is 29.1. The average molecular weight is 795 g/mol. The van der Waals surface area contributed by atoms with Crippen LogP contribution in [-0.4, -0.2) is 46.5 Å². The summed E-state index contributed by atoms with van der Waals surface area (Å²) in [7, 11) is 0. The Labute approximate surface area is 347 Å². The summed E-state index contributed by atoms with van der Waals surface area (Å²) in [5.41, 5.74) is 6.22. The van der Waals surface area contributed by atoms with Gasteiger partial charge in [0.2, 0.25) is 0 Å². The molecule has 4 heterocycles. The van der Waals surface area contributed by atoms with Crippen molar-refractivity contribution in [2.45, 2.75) is 39.5 Å². The maximum Gasteiger partial charge on any atom is 0.256 e. The van der Waals surface area contributed by atoms with E-state index in [0.29, 0.717) is 56.7 Å². The van der Waals surface area contributed by atoms with Crippen molar-refractivity contribution in [1.29, 1.82) is 0 Å². The number of hydrogen-bond acceptors (Lipinski definition) is 8. The minimum Gasteiger partial charge on any atom is -0.272 e. The van der Waals surface area contributed by atoms with Crippen molar-refractivity contribution in [3.05, 3.63) is 157 Å². The van der Waals surface area contributed by atoms with Gasteiger partial charge in [-0.25, -0.2) is 20.0 Å². The molecule has 12 nitrogen and oxygen atoms in total. The van der Waals surface area contributed by atoms with Crippen LogP contribution < -0.4 is 20.0 Å². The van der Waals surface area contributed by atoms with Crippen LogP contribution in [0.3, 0.4) is 0 Å². The van der Waals surface area contributed by atoms with Gasteiger partial charge in [-0.1, -0.05) is 97.1 Å². The highest BCUT2D eigenvalue weighted by Crippen LogP contribution is 2.46. The second kappa shape index (κ2) is 15.4. The van der Waals surface area contributed by atoms with Gasteiger partial charge >= 0.3 is 0 Å². The van der Waals surface area contributed by atoms with Crippen LogP contribution in [-0.2, 0) is 19.2 Å². The number of anilines is 4. The fourth-order valence-corrected chi connectivity index (χ4v) is 9.08. The molecule has 9 rings (SSSR count). The molecule has 5 aromatic carbocycles. The van der Waals surface area contributed by atoms with Gasteiger partial charge in [0.05, 0.1) is 46.4 Å². The summed E-state index contributed by atoms with van der Waals surface area (Å²) in [6.07, 6.45) is 0. The van der Waals surface area contributed by atoms with Gasteiger partial charge in [0.15, 0.2) is 0 Å². The molecule has 0 fully saturated rings. The van der Waals surface area contributed by atoms with Gasteiger partial charge in [-0.05, 0) is 87.4 Å². The molecule has 0 saturated carbocycles. The Morgan fingerprint density at radius 1 is 0.333 bits per heavy atom. The highest BCUT2D eigenvalue weighted by atomic mass is 16.2. The standard InChI is InChI=1S/C48H42N8O4/c1-29-39(45(57)53(49-29)35-17-9-5-10-18-35)43(40-30(2)50-54(46(40)58)36-19-11-6-12-20-36)33-25-27-34(28-26-33)44(41-31(3)51-55(47(41)59)37-21-13-7-14-22-37)42-32(4)52-56(48(42)60)38-23-15-8-16-24-38/h5-28,39-44H,1-4H3. The lowest BCUT2D eigenvalue weighted by Crippen LogP contribution is -2.41. The molecule has 4 unspecified atom stereocenters. The van der Waals surface area contributed by atoms with E-state index in [1.54, 1.807) is 0 Å². The smallest absolute Gasteiger partial charge is 0.256 e. The molecular weight excluding hydrogens is 753 g/mol. The van der Waals surface area contributed by atoms with Crippen molar-refractivity contribution in [2.24, 2.45) is 44.1 Å². The molecule has 60 heavy (non-hydrogen) atoms. The van der Waals surface area contributed by atoms with Gasteiger partial charge < -0.3 is 0 Å². The summed E-state index contributed by atoms with van der Waals surface area (Å²) in [5, 5.41) is 24.6. The highest BCUT2D eigenvalue weighted by molar-refractivity contribution is 6.21. The fourth-order valence-electron chi connectivity index (χ4n) is 9.08. The number of carbonyl (C=O) groups is 4. The first-order valence-electron chi connectivity index (χ1n) is 20.0. The zero-order chi connectivity index (χ0) is 41.7. The van der Waals surface area contributed by atoms with Crippen LogP contribution in [0.2, 0.25) is 0 Å². The summed E-state index contributed by atoms with van der Waals surface area (Å²) < 4.78 is 0. The van der Waals surface area contributed by atoms with E-state index in [4.69, 9.17) is 20.4 Å². The lowest BCUT2D eigenvalue weighted by Gasteiger charge is -2.31. The normalized spacial score (nSPS) is 22.6. The van der Waals surface area contributed by atoms with Crippen molar-refractivity contribution in [2.75, 3.05) is 20.0 Å². The molecule has 4 atom stereocenters. The summed E-state index contributed by atoms with van der Waals surface area (Å²) >= 11 is 0. The summed E-state index contributed by atoms with van der Waals surface area (Å²) in [6, 6.07) is 44.6. The molecule has 12 heteroatoms. The Hall–Kier alpha value is -7.34. The van der Waals surface area contributed by atoms with E-state index >= 15 is 0 Å². The number of carbonyl (C=O) groups excluding carboxylic acids is 4. The van der Waals surface area contributed by atoms with Gasteiger partial charge in [0, 0.05) is 34.7 Å². The number of hydrogen-bond donors (Lipinski definition) is 0. The number of hydrazone groups is 4. The van der Waals surface area contributed by atoms with Gasteiger partial charge in [-0.2, -0.15) is 20.4 Å². The van der Waals surface area contributed by atoms with Crippen molar-refractivity contribution >= 4 is 69.2 Å². The third-order valence-electron chi connectivity index (χ3n) is 11.9. The van der Waals surface area contributed by atoms with Crippen molar-refractivity contribution in [3.63, 3.8) is 0 Å². The summed E-state index contributed by atoms with van der Waals surface area (Å²) in [4.78, 5) is 58.2. The van der Waals surface area contributed by atoms with Gasteiger partial charge in [-0.3, -0.25) is 19.2 Å². The lowest BCUT2D eigenvalue weighted by atomic mass is 9.70. The van der Waals surface area contributed by atoms with E-state index in [2.05, 4.69) is 0 Å². The number of benzene rings is 5. The molecule has 0 aliphatic carbocycles. The number of rotatable bonds is 10. The SMILES string of the molecule is CC1=NN(c2ccccc2)C(=O)C1C(c1ccc(C(C2C(=O)N(c3ccccc3)N=C2C)C2C(=O)N(c3ccccc3)N=C2C)cc1)C1C(=O)N(c2ccccc2)N=C1C. The van der Waals surface area contributed by atoms with Gasteiger partial charge in [-0.15, -0.1) is 0 Å². The Balaban J connectivity index is 1.13. The minimum absolute atomic E-state index is 0.252. The van der Waals surface area contributed by atoms with Crippen LogP contribution in [0.4, 0.5) is 22.7 Å². The molecule has 0 saturated heterocycles. The van der Waals surface area contributed by atoms with Crippen molar-refractivity contribution in [1.82, 2.24) is 0 Å². The number of amides is 4. The van der Waals surface area contributed by atoms with Crippen LogP contribution in [0.15, 0.2) is 166 Å².